The van der Waals surface area contributed by atoms with E-state index in [1.165, 1.54) is 34.8 Å². The summed E-state index contributed by atoms with van der Waals surface area (Å²) in [5.74, 6) is -1.28. The van der Waals surface area contributed by atoms with Gasteiger partial charge in [-0.15, -0.1) is 0 Å². The first kappa shape index (κ1) is 21.5. The highest BCUT2D eigenvalue weighted by Gasteiger charge is 2.17. The molecule has 0 aliphatic heterocycles. The van der Waals surface area contributed by atoms with Crippen molar-refractivity contribution < 1.29 is 14.7 Å². The molecular formula is C24H27N3O3. The quantitative estimate of drug-likeness (QED) is 0.551. The van der Waals surface area contributed by atoms with Crippen molar-refractivity contribution in [3.8, 4) is 0 Å². The average molecular weight is 405 g/mol. The number of amides is 1. The van der Waals surface area contributed by atoms with Crippen molar-refractivity contribution in [3.63, 3.8) is 0 Å². The molecular weight excluding hydrogens is 378 g/mol. The van der Waals surface area contributed by atoms with Gasteiger partial charge >= 0.3 is 5.97 Å². The van der Waals surface area contributed by atoms with Crippen LogP contribution in [0.25, 0.3) is 10.8 Å². The summed E-state index contributed by atoms with van der Waals surface area (Å²) in [6.07, 6.45) is 0. The minimum Gasteiger partial charge on any atom is -0.478 e. The van der Waals surface area contributed by atoms with Crippen molar-refractivity contribution in [1.82, 2.24) is 10.3 Å². The number of carboxylic acids is 1. The molecule has 3 rings (SSSR count). The van der Waals surface area contributed by atoms with Crippen LogP contribution in [0.4, 0.5) is 5.69 Å². The summed E-state index contributed by atoms with van der Waals surface area (Å²) >= 11 is 0. The van der Waals surface area contributed by atoms with Crippen molar-refractivity contribution in [2.45, 2.75) is 20.4 Å². The van der Waals surface area contributed by atoms with Gasteiger partial charge in [-0.3, -0.25) is 9.69 Å². The van der Waals surface area contributed by atoms with Crippen molar-refractivity contribution in [1.29, 1.82) is 0 Å². The Morgan fingerprint density at radius 1 is 0.867 bits per heavy atom. The smallest absolute Gasteiger partial charge is 0.335 e. The summed E-state index contributed by atoms with van der Waals surface area (Å²) in [6.45, 7) is 7.27. The van der Waals surface area contributed by atoms with Gasteiger partial charge in [-0.2, -0.15) is 0 Å². The molecule has 0 unspecified atom stereocenters. The molecule has 0 aromatic heterocycles. The van der Waals surface area contributed by atoms with Gasteiger partial charge in [0.05, 0.1) is 11.3 Å². The molecule has 156 valence electrons. The molecule has 0 bridgehead atoms. The number of carbonyl (C=O) groups is 2. The summed E-state index contributed by atoms with van der Waals surface area (Å²) in [5, 5.41) is 12.7. The highest BCUT2D eigenvalue weighted by atomic mass is 16.4. The van der Waals surface area contributed by atoms with Crippen molar-refractivity contribution in [2.24, 2.45) is 0 Å². The van der Waals surface area contributed by atoms with Crippen LogP contribution in [0.15, 0.2) is 60.7 Å². The molecule has 0 fully saturated rings. The van der Waals surface area contributed by atoms with Crippen LogP contribution in [0.2, 0.25) is 0 Å². The summed E-state index contributed by atoms with van der Waals surface area (Å²) in [6, 6.07) is 18.2. The number of nitrogens with zero attached hydrogens (tertiary/aromatic N) is 2. The Morgan fingerprint density at radius 2 is 1.47 bits per heavy atom. The monoisotopic (exact) mass is 405 g/mol. The number of hydrogen-bond donors (Lipinski definition) is 2. The van der Waals surface area contributed by atoms with Gasteiger partial charge in [0.1, 0.15) is 0 Å². The average Bonchev–Trinajstić information content (AvgIpc) is 2.77. The second-order valence-electron chi connectivity index (χ2n) is 7.07. The molecule has 6 heteroatoms. The molecule has 3 aromatic rings. The fourth-order valence-electron chi connectivity index (χ4n) is 3.46. The molecule has 0 radical (unpaired) electrons. The first-order chi connectivity index (χ1) is 14.5. The van der Waals surface area contributed by atoms with Gasteiger partial charge in [0.2, 0.25) is 0 Å². The molecule has 0 saturated heterocycles. The predicted octanol–water partition coefficient (Wildman–Crippen LogP) is 4.16. The van der Waals surface area contributed by atoms with E-state index in [-0.39, 0.29) is 11.5 Å². The van der Waals surface area contributed by atoms with E-state index in [4.69, 9.17) is 5.11 Å². The van der Waals surface area contributed by atoms with Crippen LogP contribution in [0.5, 0.6) is 0 Å². The number of anilines is 1. The highest BCUT2D eigenvalue weighted by Crippen LogP contribution is 2.24. The molecule has 0 aliphatic carbocycles. The minimum absolute atomic E-state index is 0.147. The summed E-state index contributed by atoms with van der Waals surface area (Å²) in [4.78, 5) is 26.3. The van der Waals surface area contributed by atoms with Gasteiger partial charge in [0.25, 0.3) is 5.91 Å². The predicted molar refractivity (Wildman–Crippen MR) is 120 cm³/mol. The standard InChI is InChI=1S/C24H27N3O3/c1-4-26(5-2)16-17-6-7-21-15-22(13-12-20(21)14-17)27(25-3)23(28)18-8-10-19(11-9-18)24(29)30/h6-15,25H,4-5,16H2,1-3H3,(H,29,30). The lowest BCUT2D eigenvalue weighted by atomic mass is 10.1. The zero-order valence-corrected chi connectivity index (χ0v) is 17.6. The second-order valence-corrected chi connectivity index (χ2v) is 7.07. The fraction of sp³-hybridized carbons (Fsp3) is 0.250. The zero-order chi connectivity index (χ0) is 21.7. The van der Waals surface area contributed by atoms with Crippen LogP contribution in [-0.4, -0.2) is 42.0 Å². The summed E-state index contributed by atoms with van der Waals surface area (Å²) < 4.78 is 0. The number of fused-ring (bicyclic) bond motifs is 1. The largest absolute Gasteiger partial charge is 0.478 e. The van der Waals surface area contributed by atoms with Crippen LogP contribution in [0, 0.1) is 0 Å². The maximum Gasteiger partial charge on any atom is 0.335 e. The van der Waals surface area contributed by atoms with E-state index in [1.807, 2.05) is 18.2 Å². The first-order valence-electron chi connectivity index (χ1n) is 10.1. The van der Waals surface area contributed by atoms with E-state index in [1.54, 1.807) is 7.05 Å². The lowest BCUT2D eigenvalue weighted by Gasteiger charge is -2.22. The number of benzene rings is 3. The fourth-order valence-corrected chi connectivity index (χ4v) is 3.46. The summed E-state index contributed by atoms with van der Waals surface area (Å²) in [7, 11) is 1.68. The molecule has 6 nitrogen and oxygen atoms in total. The van der Waals surface area contributed by atoms with Gasteiger partial charge < -0.3 is 5.11 Å². The van der Waals surface area contributed by atoms with Crippen molar-refractivity contribution >= 4 is 28.3 Å². The zero-order valence-electron chi connectivity index (χ0n) is 17.6. The molecule has 0 heterocycles. The minimum atomic E-state index is -1.02. The van der Waals surface area contributed by atoms with E-state index in [2.05, 4.69) is 42.4 Å². The summed E-state index contributed by atoms with van der Waals surface area (Å²) in [5.41, 5.74) is 5.47. The Bertz CT molecular complexity index is 1040. The van der Waals surface area contributed by atoms with Gasteiger partial charge in [0.15, 0.2) is 0 Å². The normalized spacial score (nSPS) is 11.1. The number of aromatic carboxylic acids is 1. The van der Waals surface area contributed by atoms with Crippen LogP contribution < -0.4 is 10.4 Å². The van der Waals surface area contributed by atoms with E-state index in [0.29, 0.717) is 11.3 Å². The van der Waals surface area contributed by atoms with Gasteiger partial charge in [-0.25, -0.2) is 15.2 Å². The molecule has 0 atom stereocenters. The van der Waals surface area contributed by atoms with Crippen LogP contribution in [-0.2, 0) is 6.54 Å². The Kier molecular flexibility index (Phi) is 6.82. The Morgan fingerprint density at radius 3 is 2.07 bits per heavy atom. The van der Waals surface area contributed by atoms with Crippen LogP contribution in [0.3, 0.4) is 0 Å². The molecule has 0 saturated carbocycles. The number of carboxylic acid groups (broad SMARTS) is 1. The Hall–Kier alpha value is -3.22. The van der Waals surface area contributed by atoms with E-state index >= 15 is 0 Å². The number of nitrogens with one attached hydrogen (secondary N) is 1. The Balaban J connectivity index is 1.86. The lowest BCUT2D eigenvalue weighted by Crippen LogP contribution is -2.40. The molecule has 0 aliphatic rings. The maximum atomic E-state index is 12.9. The first-order valence-corrected chi connectivity index (χ1v) is 10.1. The molecule has 0 spiro atoms. The number of rotatable bonds is 8. The third-order valence-corrected chi connectivity index (χ3v) is 5.25. The number of carbonyl (C=O) groups excluding carboxylic acids is 1. The SMILES string of the molecule is CCN(CC)Cc1ccc2cc(N(NC)C(=O)c3ccc(C(=O)O)cc3)ccc2c1. The third kappa shape index (κ3) is 4.67. The third-order valence-electron chi connectivity index (χ3n) is 5.25. The van der Waals surface area contributed by atoms with Crippen molar-refractivity contribution in [3.05, 3.63) is 77.4 Å². The topological polar surface area (TPSA) is 72.9 Å². The molecule has 2 N–H and O–H groups in total. The van der Waals surface area contributed by atoms with Crippen LogP contribution in [0.1, 0.15) is 40.1 Å². The highest BCUT2D eigenvalue weighted by molar-refractivity contribution is 6.06. The Labute approximate surface area is 176 Å². The van der Waals surface area contributed by atoms with Gasteiger partial charge in [-0.1, -0.05) is 32.0 Å². The lowest BCUT2D eigenvalue weighted by molar-refractivity contribution is 0.0696. The van der Waals surface area contributed by atoms with E-state index in [9.17, 15) is 9.59 Å². The second kappa shape index (κ2) is 9.52. The van der Waals surface area contributed by atoms with E-state index in [0.717, 1.165) is 30.4 Å². The van der Waals surface area contributed by atoms with Gasteiger partial charge in [0, 0.05) is 19.2 Å². The maximum absolute atomic E-state index is 12.9. The molecule has 30 heavy (non-hydrogen) atoms. The van der Waals surface area contributed by atoms with E-state index < -0.39 is 5.97 Å². The number of hydrazine groups is 1. The van der Waals surface area contributed by atoms with Crippen molar-refractivity contribution in [2.75, 3.05) is 25.1 Å². The molecule has 3 aromatic carbocycles. The number of hydrogen-bond acceptors (Lipinski definition) is 4. The van der Waals surface area contributed by atoms with Crippen LogP contribution >= 0.6 is 0 Å². The molecule has 1 amide bonds. The van der Waals surface area contributed by atoms with Gasteiger partial charge in [-0.05, 0) is 71.9 Å².